The fraction of sp³-hybridized carbons (Fsp3) is 0.458. The molecule has 0 saturated heterocycles. The molecule has 150 valence electrons. The second-order valence-corrected chi connectivity index (χ2v) is 8.79. The van der Waals surface area contributed by atoms with Crippen LogP contribution in [0.25, 0.3) is 0 Å². The van der Waals surface area contributed by atoms with Crippen LogP contribution in [0.4, 0.5) is 0 Å². The highest BCUT2D eigenvalue weighted by Gasteiger charge is 2.39. The molecule has 2 aromatic rings. The Morgan fingerprint density at radius 3 is 2.04 bits per heavy atom. The van der Waals surface area contributed by atoms with Crippen molar-refractivity contribution in [1.29, 1.82) is 5.26 Å². The van der Waals surface area contributed by atoms with E-state index in [1.54, 1.807) is 0 Å². The third-order valence-electron chi connectivity index (χ3n) is 6.14. The zero-order valence-electron chi connectivity index (χ0n) is 17.4. The van der Waals surface area contributed by atoms with Crippen molar-refractivity contribution in [2.24, 2.45) is 5.92 Å². The Morgan fingerprint density at radius 1 is 0.964 bits per heavy atom. The number of rotatable bonds is 8. The highest BCUT2D eigenvalue weighted by atomic mass is 35.5. The molecule has 0 aliphatic carbocycles. The molecule has 3 unspecified atom stereocenters. The molecule has 4 heteroatoms. The van der Waals surface area contributed by atoms with Crippen molar-refractivity contribution < 1.29 is 0 Å². The van der Waals surface area contributed by atoms with Gasteiger partial charge < -0.3 is 0 Å². The van der Waals surface area contributed by atoms with E-state index in [4.69, 9.17) is 23.2 Å². The first kappa shape index (κ1) is 22.8. The van der Waals surface area contributed by atoms with E-state index in [9.17, 15) is 5.26 Å². The van der Waals surface area contributed by atoms with Gasteiger partial charge in [-0.2, -0.15) is 5.26 Å². The van der Waals surface area contributed by atoms with E-state index in [0.717, 1.165) is 12.0 Å². The maximum absolute atomic E-state index is 10.2. The Labute approximate surface area is 180 Å². The summed E-state index contributed by atoms with van der Waals surface area (Å²) < 4.78 is 0. The predicted octanol–water partition coefficient (Wildman–Crippen LogP) is 7.27. The van der Waals surface area contributed by atoms with E-state index < -0.39 is 5.41 Å². The Balaban J connectivity index is 2.24. The van der Waals surface area contributed by atoms with Gasteiger partial charge in [0, 0.05) is 27.7 Å². The maximum atomic E-state index is 10.2. The van der Waals surface area contributed by atoms with Gasteiger partial charge in [0.05, 0.1) is 11.5 Å². The van der Waals surface area contributed by atoms with Gasteiger partial charge >= 0.3 is 0 Å². The zero-order valence-corrected chi connectivity index (χ0v) is 18.9. The first-order valence-corrected chi connectivity index (χ1v) is 10.6. The fourth-order valence-corrected chi connectivity index (χ4v) is 4.59. The largest absolute Gasteiger partial charge is 0.297 e. The summed E-state index contributed by atoms with van der Waals surface area (Å²) in [5, 5.41) is 11.3. The van der Waals surface area contributed by atoms with Gasteiger partial charge in [-0.25, -0.2) is 0 Å². The molecule has 0 N–H and O–H groups in total. The molecular weight excluding hydrogens is 387 g/mol. The second-order valence-electron chi connectivity index (χ2n) is 7.97. The third kappa shape index (κ3) is 4.71. The van der Waals surface area contributed by atoms with Crippen LogP contribution in [-0.4, -0.2) is 18.0 Å². The van der Waals surface area contributed by atoms with Gasteiger partial charge in [-0.1, -0.05) is 73.4 Å². The van der Waals surface area contributed by atoms with Crippen molar-refractivity contribution in [3.05, 3.63) is 69.7 Å². The third-order valence-corrected chi connectivity index (χ3v) is 6.77. The van der Waals surface area contributed by atoms with Crippen molar-refractivity contribution in [2.75, 3.05) is 7.05 Å². The quantitative estimate of drug-likeness (QED) is 0.451. The number of nitriles is 1. The number of halogens is 2. The van der Waals surface area contributed by atoms with Crippen LogP contribution in [0, 0.1) is 17.2 Å². The molecule has 0 saturated carbocycles. The highest BCUT2D eigenvalue weighted by Crippen LogP contribution is 2.44. The Kier molecular flexibility index (Phi) is 7.96. The predicted molar refractivity (Wildman–Crippen MR) is 120 cm³/mol. The summed E-state index contributed by atoms with van der Waals surface area (Å²) in [6.07, 6.45) is 1.58. The van der Waals surface area contributed by atoms with E-state index in [2.05, 4.69) is 70.0 Å². The monoisotopic (exact) mass is 416 g/mol. The zero-order chi connectivity index (χ0) is 20.9. The number of hydrogen-bond donors (Lipinski definition) is 0. The molecule has 0 aliphatic heterocycles. The van der Waals surface area contributed by atoms with E-state index in [0.29, 0.717) is 28.5 Å². The van der Waals surface area contributed by atoms with Crippen molar-refractivity contribution in [1.82, 2.24) is 4.90 Å². The maximum Gasteiger partial charge on any atom is 0.0874 e. The number of hydrogen-bond acceptors (Lipinski definition) is 2. The van der Waals surface area contributed by atoms with Gasteiger partial charge in [0.15, 0.2) is 0 Å². The lowest BCUT2D eigenvalue weighted by Crippen LogP contribution is -2.36. The Bertz CT molecular complexity index is 793. The van der Waals surface area contributed by atoms with Gasteiger partial charge in [0.25, 0.3) is 0 Å². The average molecular weight is 417 g/mol. The second kappa shape index (κ2) is 9.79. The van der Waals surface area contributed by atoms with Crippen LogP contribution in [-0.2, 0) is 5.41 Å². The van der Waals surface area contributed by atoms with Crippen LogP contribution in [0.15, 0.2) is 48.5 Å². The molecule has 3 atom stereocenters. The molecule has 0 bridgehead atoms. The van der Waals surface area contributed by atoms with E-state index >= 15 is 0 Å². The molecular formula is C24H30Cl2N2. The minimum Gasteiger partial charge on any atom is -0.297 e. The first-order chi connectivity index (χ1) is 13.2. The van der Waals surface area contributed by atoms with E-state index in [1.807, 2.05) is 24.3 Å². The van der Waals surface area contributed by atoms with Gasteiger partial charge in [-0.3, -0.25) is 4.90 Å². The van der Waals surface area contributed by atoms with Crippen molar-refractivity contribution in [3.8, 4) is 6.07 Å². The molecule has 0 heterocycles. The first-order valence-electron chi connectivity index (χ1n) is 9.87. The van der Waals surface area contributed by atoms with Crippen molar-refractivity contribution >= 4 is 23.2 Å². The average Bonchev–Trinajstić information content (AvgIpc) is 2.69. The summed E-state index contributed by atoms with van der Waals surface area (Å²) >= 11 is 13.0. The molecule has 0 amide bonds. The van der Waals surface area contributed by atoms with Crippen molar-refractivity contribution in [3.63, 3.8) is 0 Å². The van der Waals surface area contributed by atoms with Crippen LogP contribution in [0.1, 0.15) is 57.7 Å². The summed E-state index contributed by atoms with van der Waals surface area (Å²) in [7, 11) is 2.15. The fourth-order valence-electron chi connectivity index (χ4n) is 3.86. The lowest BCUT2D eigenvalue weighted by molar-refractivity contribution is 0.175. The minimum atomic E-state index is -0.708. The van der Waals surface area contributed by atoms with E-state index in [1.165, 1.54) is 5.56 Å². The summed E-state index contributed by atoms with van der Waals surface area (Å²) in [5.74, 6) is 0.0963. The highest BCUT2D eigenvalue weighted by molar-refractivity contribution is 6.36. The van der Waals surface area contributed by atoms with E-state index in [-0.39, 0.29) is 5.92 Å². The minimum absolute atomic E-state index is 0.0963. The molecule has 0 fully saturated rings. The molecule has 2 rings (SSSR count). The molecule has 2 aromatic carbocycles. The number of nitrogens with zero attached hydrogens (tertiary/aromatic N) is 2. The molecule has 0 aliphatic rings. The molecule has 2 nitrogen and oxygen atoms in total. The van der Waals surface area contributed by atoms with Crippen LogP contribution < -0.4 is 0 Å². The molecule has 28 heavy (non-hydrogen) atoms. The molecule has 0 spiro atoms. The lowest BCUT2D eigenvalue weighted by Gasteiger charge is -2.36. The molecule has 0 aromatic heterocycles. The topological polar surface area (TPSA) is 27.0 Å². The van der Waals surface area contributed by atoms with Gasteiger partial charge in [0.2, 0.25) is 0 Å². The SMILES string of the molecule is CC(CCC(C#N)(c1c(Cl)cccc1Cl)C(C)C)N(C)C(C)c1ccccc1. The standard InChI is InChI=1S/C24H30Cl2N2/c1-17(2)24(16-27,23-21(25)12-9-13-22(23)26)15-14-18(3)28(5)19(4)20-10-7-6-8-11-20/h6-13,17-19H,14-15H2,1-5H3. The van der Waals surface area contributed by atoms with Crippen LogP contribution in [0.5, 0.6) is 0 Å². The number of benzene rings is 2. The summed E-state index contributed by atoms with van der Waals surface area (Å²) in [4.78, 5) is 2.37. The van der Waals surface area contributed by atoms with Crippen LogP contribution >= 0.6 is 23.2 Å². The Hall–Kier alpha value is -1.53. The van der Waals surface area contributed by atoms with Crippen LogP contribution in [0.2, 0.25) is 10.0 Å². The Morgan fingerprint density at radius 2 is 1.54 bits per heavy atom. The smallest absolute Gasteiger partial charge is 0.0874 e. The van der Waals surface area contributed by atoms with Crippen molar-refractivity contribution in [2.45, 2.75) is 58.0 Å². The lowest BCUT2D eigenvalue weighted by atomic mass is 9.69. The molecule has 0 radical (unpaired) electrons. The summed E-state index contributed by atoms with van der Waals surface area (Å²) in [5.41, 5.74) is 1.35. The van der Waals surface area contributed by atoms with Crippen LogP contribution in [0.3, 0.4) is 0 Å². The summed E-state index contributed by atoms with van der Waals surface area (Å²) in [6, 6.07) is 19.2. The summed E-state index contributed by atoms with van der Waals surface area (Å²) in [6.45, 7) is 8.58. The van der Waals surface area contributed by atoms with Gasteiger partial charge in [-0.15, -0.1) is 0 Å². The van der Waals surface area contributed by atoms with Gasteiger partial charge in [-0.05, 0) is 57.4 Å². The van der Waals surface area contributed by atoms with Gasteiger partial charge in [0.1, 0.15) is 0 Å². The normalized spacial score (nSPS) is 15.9.